The molecule has 2 aromatic carbocycles. The van der Waals surface area contributed by atoms with Crippen LogP contribution in [-0.2, 0) is 25.5 Å². The average Bonchev–Trinajstić information content (AvgIpc) is 3.31. The van der Waals surface area contributed by atoms with Crippen LogP contribution >= 0.6 is 0 Å². The standard InChI is InChI=1S/C23H22FN3O5/c24-18-8-6-17(7-9-18)22-25-19(32-26-22)10-11-20(28)31-21(16-4-2-1-3-5-16)23(29)27-12-14-30-15-13-27/h1-9,21H,10-15H2. The normalized spacial score (nSPS) is 14.7. The molecule has 1 atom stereocenters. The van der Waals surface area contributed by atoms with Gasteiger partial charge in [0.25, 0.3) is 5.91 Å². The number of nitrogens with zero attached hydrogens (tertiary/aromatic N) is 3. The Morgan fingerprint density at radius 3 is 2.50 bits per heavy atom. The molecule has 0 bridgehead atoms. The van der Waals surface area contributed by atoms with E-state index in [1.165, 1.54) is 12.1 Å². The fourth-order valence-corrected chi connectivity index (χ4v) is 3.31. The molecule has 1 aliphatic heterocycles. The van der Waals surface area contributed by atoms with Crippen LogP contribution in [-0.4, -0.2) is 53.2 Å². The second kappa shape index (κ2) is 10.1. The number of esters is 1. The molecule has 9 heteroatoms. The highest BCUT2D eigenvalue weighted by atomic mass is 19.1. The number of carbonyl (C=O) groups is 2. The molecule has 1 aliphatic rings. The van der Waals surface area contributed by atoms with Gasteiger partial charge < -0.3 is 18.9 Å². The first kappa shape index (κ1) is 21.6. The quantitative estimate of drug-likeness (QED) is 0.523. The molecule has 1 unspecified atom stereocenters. The van der Waals surface area contributed by atoms with Crippen molar-refractivity contribution in [3.05, 3.63) is 71.9 Å². The van der Waals surface area contributed by atoms with E-state index in [9.17, 15) is 14.0 Å². The van der Waals surface area contributed by atoms with Crippen LogP contribution in [0.15, 0.2) is 59.1 Å². The number of aryl methyl sites for hydroxylation is 1. The molecule has 0 aliphatic carbocycles. The lowest BCUT2D eigenvalue weighted by Crippen LogP contribution is -2.44. The van der Waals surface area contributed by atoms with Gasteiger partial charge in [0.1, 0.15) is 5.82 Å². The molecule has 1 fully saturated rings. The van der Waals surface area contributed by atoms with E-state index >= 15 is 0 Å². The van der Waals surface area contributed by atoms with Crippen LogP contribution in [0.3, 0.4) is 0 Å². The van der Waals surface area contributed by atoms with Gasteiger partial charge in [-0.15, -0.1) is 0 Å². The van der Waals surface area contributed by atoms with Crippen LogP contribution in [0.5, 0.6) is 0 Å². The Morgan fingerprint density at radius 2 is 1.78 bits per heavy atom. The summed E-state index contributed by atoms with van der Waals surface area (Å²) in [6.07, 6.45) is -0.912. The average molecular weight is 439 g/mol. The van der Waals surface area contributed by atoms with Gasteiger partial charge >= 0.3 is 5.97 Å². The molecule has 32 heavy (non-hydrogen) atoms. The summed E-state index contributed by atoms with van der Waals surface area (Å²) < 4.78 is 29.1. The van der Waals surface area contributed by atoms with Gasteiger partial charge in [-0.25, -0.2) is 4.39 Å². The summed E-state index contributed by atoms with van der Waals surface area (Å²) in [6, 6.07) is 14.6. The van der Waals surface area contributed by atoms with E-state index in [1.807, 2.05) is 6.07 Å². The number of aromatic nitrogens is 2. The summed E-state index contributed by atoms with van der Waals surface area (Å²) >= 11 is 0. The van der Waals surface area contributed by atoms with Gasteiger partial charge in [-0.3, -0.25) is 9.59 Å². The molecule has 0 N–H and O–H groups in total. The number of carbonyl (C=O) groups excluding carboxylic acids is 2. The maximum Gasteiger partial charge on any atom is 0.307 e. The first-order valence-corrected chi connectivity index (χ1v) is 10.3. The summed E-state index contributed by atoms with van der Waals surface area (Å²) in [4.78, 5) is 31.4. The van der Waals surface area contributed by atoms with Crippen LogP contribution in [0.2, 0.25) is 0 Å². The molecule has 1 saturated heterocycles. The molecular formula is C23H22FN3O5. The summed E-state index contributed by atoms with van der Waals surface area (Å²) in [6.45, 7) is 1.81. The molecule has 0 saturated carbocycles. The predicted molar refractivity (Wildman–Crippen MR) is 111 cm³/mol. The van der Waals surface area contributed by atoms with Gasteiger partial charge in [0.2, 0.25) is 17.8 Å². The van der Waals surface area contributed by atoms with Crippen molar-refractivity contribution in [2.75, 3.05) is 26.3 Å². The fourth-order valence-electron chi connectivity index (χ4n) is 3.31. The van der Waals surface area contributed by atoms with E-state index in [1.54, 1.807) is 41.3 Å². The van der Waals surface area contributed by atoms with E-state index in [0.717, 1.165) is 0 Å². The third-order valence-electron chi connectivity index (χ3n) is 5.01. The van der Waals surface area contributed by atoms with Crippen LogP contribution in [0.1, 0.15) is 24.0 Å². The minimum atomic E-state index is -1.03. The highest BCUT2D eigenvalue weighted by Gasteiger charge is 2.30. The Balaban J connectivity index is 1.39. The second-order valence-electron chi connectivity index (χ2n) is 7.24. The summed E-state index contributed by atoms with van der Waals surface area (Å²) in [7, 11) is 0. The Kier molecular flexibility index (Phi) is 6.86. The van der Waals surface area contributed by atoms with Gasteiger partial charge in [-0.2, -0.15) is 4.98 Å². The number of amides is 1. The molecule has 8 nitrogen and oxygen atoms in total. The van der Waals surface area contributed by atoms with Crippen LogP contribution in [0.4, 0.5) is 4.39 Å². The number of rotatable bonds is 7. The van der Waals surface area contributed by atoms with Gasteiger partial charge in [0.05, 0.1) is 19.6 Å². The van der Waals surface area contributed by atoms with Crippen molar-refractivity contribution < 1.29 is 28.0 Å². The number of ether oxygens (including phenoxy) is 2. The Morgan fingerprint density at radius 1 is 1.06 bits per heavy atom. The maximum absolute atomic E-state index is 13.1. The zero-order valence-corrected chi connectivity index (χ0v) is 17.3. The molecule has 3 aromatic rings. The first-order chi connectivity index (χ1) is 15.6. The number of morpholine rings is 1. The summed E-state index contributed by atoms with van der Waals surface area (Å²) in [5.41, 5.74) is 1.21. The molecule has 1 amide bonds. The fraction of sp³-hybridized carbons (Fsp3) is 0.304. The van der Waals surface area contributed by atoms with Crippen molar-refractivity contribution in [3.63, 3.8) is 0 Å². The molecule has 4 rings (SSSR count). The highest BCUT2D eigenvalue weighted by Crippen LogP contribution is 2.22. The molecular weight excluding hydrogens is 417 g/mol. The van der Waals surface area contributed by atoms with Crippen molar-refractivity contribution >= 4 is 11.9 Å². The number of halogens is 1. The smallest absolute Gasteiger partial charge is 0.307 e. The van der Waals surface area contributed by atoms with E-state index in [2.05, 4.69) is 10.1 Å². The highest BCUT2D eigenvalue weighted by molar-refractivity contribution is 5.85. The molecule has 1 aromatic heterocycles. The largest absolute Gasteiger partial charge is 0.447 e. The van der Waals surface area contributed by atoms with E-state index < -0.39 is 12.1 Å². The van der Waals surface area contributed by atoms with E-state index in [4.69, 9.17) is 14.0 Å². The van der Waals surface area contributed by atoms with Crippen LogP contribution in [0.25, 0.3) is 11.4 Å². The SMILES string of the molecule is O=C(CCc1nc(-c2ccc(F)cc2)no1)OC(C(=O)N1CCOCC1)c1ccccc1. The summed E-state index contributed by atoms with van der Waals surface area (Å²) in [5.74, 6) is -0.638. The zero-order valence-electron chi connectivity index (χ0n) is 17.3. The van der Waals surface area contributed by atoms with Gasteiger partial charge in [-0.1, -0.05) is 35.5 Å². The van der Waals surface area contributed by atoms with Crippen LogP contribution < -0.4 is 0 Å². The topological polar surface area (TPSA) is 94.8 Å². The lowest BCUT2D eigenvalue weighted by atomic mass is 10.1. The third kappa shape index (κ3) is 5.36. The van der Waals surface area contributed by atoms with Crippen LogP contribution in [0, 0.1) is 5.82 Å². The Hall–Kier alpha value is -3.59. The van der Waals surface area contributed by atoms with E-state index in [-0.39, 0.29) is 30.5 Å². The Labute approximate surface area is 183 Å². The molecule has 2 heterocycles. The monoisotopic (exact) mass is 439 g/mol. The maximum atomic E-state index is 13.1. The van der Waals surface area contributed by atoms with Gasteiger partial charge in [0, 0.05) is 30.6 Å². The number of benzene rings is 2. The predicted octanol–water partition coefficient (Wildman–Crippen LogP) is 2.95. The van der Waals surface area contributed by atoms with Crippen molar-refractivity contribution in [2.24, 2.45) is 0 Å². The minimum absolute atomic E-state index is 0.0369. The van der Waals surface area contributed by atoms with Gasteiger partial charge in [-0.05, 0) is 24.3 Å². The number of hydrogen-bond donors (Lipinski definition) is 0. The van der Waals surface area contributed by atoms with E-state index in [0.29, 0.717) is 43.3 Å². The van der Waals surface area contributed by atoms with Crippen molar-refractivity contribution in [2.45, 2.75) is 18.9 Å². The zero-order chi connectivity index (χ0) is 22.3. The van der Waals surface area contributed by atoms with Crippen molar-refractivity contribution in [1.29, 1.82) is 0 Å². The van der Waals surface area contributed by atoms with Crippen molar-refractivity contribution in [3.8, 4) is 11.4 Å². The third-order valence-corrected chi connectivity index (χ3v) is 5.01. The molecule has 166 valence electrons. The lowest BCUT2D eigenvalue weighted by Gasteiger charge is -2.30. The minimum Gasteiger partial charge on any atom is -0.447 e. The molecule has 0 spiro atoms. The first-order valence-electron chi connectivity index (χ1n) is 10.3. The molecule has 0 radical (unpaired) electrons. The number of hydrogen-bond acceptors (Lipinski definition) is 7. The van der Waals surface area contributed by atoms with Gasteiger partial charge in [0.15, 0.2) is 0 Å². The summed E-state index contributed by atoms with van der Waals surface area (Å²) in [5, 5.41) is 3.86. The lowest BCUT2D eigenvalue weighted by molar-refractivity contribution is -0.162. The van der Waals surface area contributed by atoms with Crippen molar-refractivity contribution in [1.82, 2.24) is 15.0 Å². The Bertz CT molecular complexity index is 1050. The second-order valence-corrected chi connectivity index (χ2v) is 7.24.